The highest BCUT2D eigenvalue weighted by atomic mass is 79.9. The summed E-state index contributed by atoms with van der Waals surface area (Å²) in [4.78, 5) is 12.5. The first-order valence-corrected chi connectivity index (χ1v) is 8.50. The third-order valence-corrected chi connectivity index (χ3v) is 4.97. The van der Waals surface area contributed by atoms with Gasteiger partial charge in [-0.2, -0.15) is 0 Å². The smallest absolute Gasteiger partial charge is 0.244 e. The fourth-order valence-electron chi connectivity index (χ4n) is 3.08. The maximum absolute atomic E-state index is 12.5. The van der Waals surface area contributed by atoms with Gasteiger partial charge < -0.3 is 14.5 Å². The largest absolute Gasteiger partial charge is 0.350 e. The van der Waals surface area contributed by atoms with Gasteiger partial charge in [0.05, 0.1) is 5.69 Å². The van der Waals surface area contributed by atoms with E-state index in [1.54, 1.807) is 0 Å². The molecule has 0 saturated heterocycles. The molecule has 0 saturated carbocycles. The number of rotatable bonds is 3. The van der Waals surface area contributed by atoms with Gasteiger partial charge in [-0.25, -0.2) is 0 Å². The highest BCUT2D eigenvalue weighted by molar-refractivity contribution is 9.10. The summed E-state index contributed by atoms with van der Waals surface area (Å²) in [6, 6.07) is 16.0. The predicted molar refractivity (Wildman–Crippen MR) is 101 cm³/mol. The zero-order chi connectivity index (χ0) is 16.7. The number of hydrogen-bond donors (Lipinski definition) is 1. The fraction of sp³-hybridized carbons (Fsp3) is 0.105. The summed E-state index contributed by atoms with van der Waals surface area (Å²) in [5.41, 5.74) is 2.98. The lowest BCUT2D eigenvalue weighted by Crippen LogP contribution is -2.18. The van der Waals surface area contributed by atoms with Gasteiger partial charge in [-0.1, -0.05) is 28.1 Å². The third kappa shape index (κ3) is 2.51. The molecule has 0 bridgehead atoms. The van der Waals surface area contributed by atoms with Gasteiger partial charge in [0, 0.05) is 45.7 Å². The Labute approximate surface area is 147 Å². The Morgan fingerprint density at radius 1 is 1.00 bits per heavy atom. The van der Waals surface area contributed by atoms with E-state index in [0.29, 0.717) is 0 Å². The standard InChI is InChI=1S/C19H16BrN3O/c1-22-10-8-14-16(5-3-6-17(14)22)21-19(24)12-23-11-9-13-15(20)4-2-7-18(13)23/h2-11H,12H2,1H3,(H,21,24). The minimum absolute atomic E-state index is 0.0381. The summed E-state index contributed by atoms with van der Waals surface area (Å²) in [6.07, 6.45) is 3.94. The van der Waals surface area contributed by atoms with Crippen molar-refractivity contribution in [2.24, 2.45) is 7.05 Å². The summed E-state index contributed by atoms with van der Waals surface area (Å²) in [5, 5.41) is 5.19. The Balaban J connectivity index is 1.61. The van der Waals surface area contributed by atoms with E-state index in [2.05, 4.69) is 21.2 Å². The summed E-state index contributed by atoms with van der Waals surface area (Å²) in [5.74, 6) is -0.0381. The molecular formula is C19H16BrN3O. The maximum atomic E-state index is 12.5. The number of aryl methyl sites for hydroxylation is 1. The molecule has 0 aliphatic rings. The first kappa shape index (κ1) is 15.0. The SMILES string of the molecule is Cn1ccc2c(NC(=O)Cn3ccc4c(Br)cccc43)cccc21. The Hall–Kier alpha value is -2.53. The number of hydrogen-bond acceptors (Lipinski definition) is 1. The Bertz CT molecular complexity index is 1060. The van der Waals surface area contributed by atoms with Crippen molar-refractivity contribution in [3.05, 3.63) is 65.4 Å². The monoisotopic (exact) mass is 381 g/mol. The summed E-state index contributed by atoms with van der Waals surface area (Å²) < 4.78 is 5.04. The molecule has 2 aromatic carbocycles. The number of benzene rings is 2. The molecule has 0 aliphatic heterocycles. The molecule has 5 heteroatoms. The molecule has 120 valence electrons. The van der Waals surface area contributed by atoms with Gasteiger partial charge in [0.1, 0.15) is 6.54 Å². The van der Waals surface area contributed by atoms with Crippen molar-refractivity contribution < 1.29 is 4.79 Å². The second kappa shape index (κ2) is 5.83. The zero-order valence-electron chi connectivity index (χ0n) is 13.2. The summed E-state index contributed by atoms with van der Waals surface area (Å²) >= 11 is 3.54. The molecule has 4 nitrogen and oxygen atoms in total. The summed E-state index contributed by atoms with van der Waals surface area (Å²) in [6.45, 7) is 0.281. The number of fused-ring (bicyclic) bond motifs is 2. The van der Waals surface area contributed by atoms with Crippen LogP contribution in [0.15, 0.2) is 65.4 Å². The molecule has 4 rings (SSSR count). The van der Waals surface area contributed by atoms with Crippen molar-refractivity contribution in [3.63, 3.8) is 0 Å². The number of anilines is 1. The minimum atomic E-state index is -0.0381. The highest BCUT2D eigenvalue weighted by Gasteiger charge is 2.10. The van der Waals surface area contributed by atoms with Crippen molar-refractivity contribution in [1.82, 2.24) is 9.13 Å². The van der Waals surface area contributed by atoms with Crippen molar-refractivity contribution in [2.75, 3.05) is 5.32 Å². The van der Waals surface area contributed by atoms with Gasteiger partial charge in [-0.3, -0.25) is 4.79 Å². The van der Waals surface area contributed by atoms with Crippen LogP contribution >= 0.6 is 15.9 Å². The van der Waals surface area contributed by atoms with Crippen LogP contribution in [0, 0.1) is 0 Å². The molecule has 0 radical (unpaired) electrons. The number of amides is 1. The molecule has 2 heterocycles. The molecule has 0 unspecified atom stereocenters. The van der Waals surface area contributed by atoms with E-state index in [1.165, 1.54) is 0 Å². The van der Waals surface area contributed by atoms with Crippen LogP contribution in [-0.4, -0.2) is 15.0 Å². The number of nitrogens with zero attached hydrogens (tertiary/aromatic N) is 2. The average Bonchev–Trinajstić information content (AvgIpc) is 3.14. The zero-order valence-corrected chi connectivity index (χ0v) is 14.7. The molecule has 0 fully saturated rings. The lowest BCUT2D eigenvalue weighted by molar-refractivity contribution is -0.116. The van der Waals surface area contributed by atoms with Crippen molar-refractivity contribution in [1.29, 1.82) is 0 Å². The van der Waals surface area contributed by atoms with Crippen LogP contribution < -0.4 is 5.32 Å². The van der Waals surface area contributed by atoms with E-state index in [0.717, 1.165) is 32.0 Å². The topological polar surface area (TPSA) is 39.0 Å². The number of halogens is 1. The molecule has 2 aromatic heterocycles. The van der Waals surface area contributed by atoms with E-state index in [9.17, 15) is 4.79 Å². The second-order valence-electron chi connectivity index (χ2n) is 5.83. The number of carbonyl (C=O) groups is 1. The van der Waals surface area contributed by atoms with Crippen LogP contribution in [-0.2, 0) is 18.4 Å². The molecule has 0 atom stereocenters. The van der Waals surface area contributed by atoms with Gasteiger partial charge in [-0.05, 0) is 36.4 Å². The van der Waals surface area contributed by atoms with E-state index < -0.39 is 0 Å². The van der Waals surface area contributed by atoms with Crippen molar-refractivity contribution in [2.45, 2.75) is 6.54 Å². The van der Waals surface area contributed by atoms with Crippen LogP contribution in [0.4, 0.5) is 5.69 Å². The molecule has 0 aliphatic carbocycles. The maximum Gasteiger partial charge on any atom is 0.244 e. The lowest BCUT2D eigenvalue weighted by Gasteiger charge is -2.09. The number of carbonyl (C=O) groups excluding carboxylic acids is 1. The van der Waals surface area contributed by atoms with Crippen LogP contribution in [0.2, 0.25) is 0 Å². The first-order valence-electron chi connectivity index (χ1n) is 7.71. The van der Waals surface area contributed by atoms with Gasteiger partial charge in [-0.15, -0.1) is 0 Å². The van der Waals surface area contributed by atoms with Gasteiger partial charge in [0.2, 0.25) is 5.91 Å². The van der Waals surface area contributed by atoms with E-state index in [4.69, 9.17) is 0 Å². The quantitative estimate of drug-likeness (QED) is 0.556. The predicted octanol–water partition coefficient (Wildman–Crippen LogP) is 4.53. The normalized spacial score (nSPS) is 11.2. The van der Waals surface area contributed by atoms with Crippen molar-refractivity contribution >= 4 is 49.3 Å². The third-order valence-electron chi connectivity index (χ3n) is 4.28. The summed E-state index contributed by atoms with van der Waals surface area (Å²) in [7, 11) is 2.00. The van der Waals surface area contributed by atoms with Crippen LogP contribution in [0.5, 0.6) is 0 Å². The molecule has 4 aromatic rings. The van der Waals surface area contributed by atoms with Crippen LogP contribution in [0.25, 0.3) is 21.8 Å². The van der Waals surface area contributed by atoms with Gasteiger partial charge in [0.25, 0.3) is 0 Å². The first-order chi connectivity index (χ1) is 11.6. The average molecular weight is 382 g/mol. The second-order valence-corrected chi connectivity index (χ2v) is 6.68. The van der Waals surface area contributed by atoms with Crippen LogP contribution in [0.3, 0.4) is 0 Å². The van der Waals surface area contributed by atoms with E-state index in [-0.39, 0.29) is 12.5 Å². The fourth-order valence-corrected chi connectivity index (χ4v) is 3.57. The number of nitrogens with one attached hydrogen (secondary N) is 1. The van der Waals surface area contributed by atoms with Crippen LogP contribution in [0.1, 0.15) is 0 Å². The Morgan fingerprint density at radius 3 is 2.62 bits per heavy atom. The molecule has 24 heavy (non-hydrogen) atoms. The molecule has 1 amide bonds. The molecular weight excluding hydrogens is 366 g/mol. The Kier molecular flexibility index (Phi) is 3.65. The van der Waals surface area contributed by atoms with E-state index in [1.807, 2.05) is 77.1 Å². The van der Waals surface area contributed by atoms with Crippen molar-refractivity contribution in [3.8, 4) is 0 Å². The highest BCUT2D eigenvalue weighted by Crippen LogP contribution is 2.26. The van der Waals surface area contributed by atoms with Gasteiger partial charge in [0.15, 0.2) is 0 Å². The number of aromatic nitrogens is 2. The van der Waals surface area contributed by atoms with Gasteiger partial charge >= 0.3 is 0 Å². The Morgan fingerprint density at radius 2 is 1.75 bits per heavy atom. The van der Waals surface area contributed by atoms with E-state index >= 15 is 0 Å². The molecule has 0 spiro atoms. The lowest BCUT2D eigenvalue weighted by atomic mass is 10.2. The molecule has 1 N–H and O–H groups in total. The minimum Gasteiger partial charge on any atom is -0.350 e.